The molecule has 5 heteroatoms. The van der Waals surface area contributed by atoms with E-state index in [9.17, 15) is 9.18 Å². The number of amides is 2. The zero-order chi connectivity index (χ0) is 17.6. The van der Waals surface area contributed by atoms with Gasteiger partial charge < -0.3 is 15.0 Å². The molecule has 128 valence electrons. The number of ether oxygens (including phenoxy) is 1. The normalized spacial score (nSPS) is 15.0. The molecule has 2 amide bonds. The Balaban J connectivity index is 1.55. The molecule has 1 aliphatic heterocycles. The van der Waals surface area contributed by atoms with Crippen LogP contribution in [0.15, 0.2) is 48.5 Å². The molecule has 0 radical (unpaired) electrons. The molecule has 0 saturated carbocycles. The molecule has 25 heavy (non-hydrogen) atoms. The molecule has 2 aromatic rings. The molecule has 0 bridgehead atoms. The highest BCUT2D eigenvalue weighted by molar-refractivity contribution is 5.74. The number of benzene rings is 2. The standard InChI is InChI=1S/C20H19FN2O2/c1-2-11-23(14-15-7-9-17(21)10-8-15)20(24)22-13-18-12-16-5-3-4-6-19(16)25-18/h1,3-10,18H,11-14H2,(H,22,24). The number of rotatable bonds is 5. The Morgan fingerprint density at radius 1 is 1.28 bits per heavy atom. The molecule has 1 atom stereocenters. The van der Waals surface area contributed by atoms with Gasteiger partial charge in [-0.2, -0.15) is 0 Å². The molecule has 0 saturated heterocycles. The summed E-state index contributed by atoms with van der Waals surface area (Å²) in [6.07, 6.45) is 6.05. The summed E-state index contributed by atoms with van der Waals surface area (Å²) in [7, 11) is 0. The lowest BCUT2D eigenvalue weighted by atomic mass is 10.1. The Morgan fingerprint density at radius 3 is 2.76 bits per heavy atom. The molecular weight excluding hydrogens is 319 g/mol. The number of nitrogens with one attached hydrogen (secondary N) is 1. The maximum Gasteiger partial charge on any atom is 0.318 e. The van der Waals surface area contributed by atoms with E-state index in [0.717, 1.165) is 23.3 Å². The van der Waals surface area contributed by atoms with Crippen molar-refractivity contribution in [1.82, 2.24) is 10.2 Å². The number of hydrogen-bond acceptors (Lipinski definition) is 2. The second-order valence-corrected chi connectivity index (χ2v) is 5.92. The fourth-order valence-corrected chi connectivity index (χ4v) is 2.80. The Bertz CT molecular complexity index is 758. The SMILES string of the molecule is C#CCN(Cc1ccc(F)cc1)C(=O)NCC1Cc2ccccc2O1. The number of fused-ring (bicyclic) bond motifs is 1. The van der Waals surface area contributed by atoms with Crippen molar-refractivity contribution in [2.24, 2.45) is 0 Å². The molecule has 3 rings (SSSR count). The van der Waals surface area contributed by atoms with Crippen molar-refractivity contribution in [2.45, 2.75) is 19.1 Å². The van der Waals surface area contributed by atoms with Gasteiger partial charge >= 0.3 is 6.03 Å². The van der Waals surface area contributed by atoms with Crippen LogP contribution in [0.25, 0.3) is 0 Å². The zero-order valence-corrected chi connectivity index (χ0v) is 13.7. The maximum atomic E-state index is 13.0. The molecule has 1 aliphatic rings. The van der Waals surface area contributed by atoms with E-state index in [1.165, 1.54) is 17.0 Å². The van der Waals surface area contributed by atoms with E-state index in [1.54, 1.807) is 12.1 Å². The molecular formula is C20H19FN2O2. The predicted octanol–water partition coefficient (Wildman–Crippen LogP) is 2.97. The lowest BCUT2D eigenvalue weighted by Gasteiger charge is -2.22. The molecule has 0 fully saturated rings. The number of terminal acetylenes is 1. The van der Waals surface area contributed by atoms with Crippen LogP contribution in [0.2, 0.25) is 0 Å². The molecule has 0 aliphatic carbocycles. The third-order valence-corrected chi connectivity index (χ3v) is 4.05. The van der Waals surface area contributed by atoms with E-state index in [0.29, 0.717) is 13.1 Å². The van der Waals surface area contributed by atoms with Gasteiger partial charge in [0.05, 0.1) is 13.1 Å². The Labute approximate surface area is 146 Å². The molecule has 0 spiro atoms. The van der Waals surface area contributed by atoms with Gasteiger partial charge in [0.15, 0.2) is 0 Å². The van der Waals surface area contributed by atoms with Crippen molar-refractivity contribution in [2.75, 3.05) is 13.1 Å². The van der Waals surface area contributed by atoms with E-state index in [1.807, 2.05) is 24.3 Å². The van der Waals surface area contributed by atoms with Crippen LogP contribution in [0.1, 0.15) is 11.1 Å². The van der Waals surface area contributed by atoms with Gasteiger partial charge in [-0.15, -0.1) is 6.42 Å². The van der Waals surface area contributed by atoms with E-state index >= 15 is 0 Å². The molecule has 1 unspecified atom stereocenters. The highest BCUT2D eigenvalue weighted by atomic mass is 19.1. The van der Waals surface area contributed by atoms with E-state index in [2.05, 4.69) is 11.2 Å². The first-order valence-corrected chi connectivity index (χ1v) is 8.11. The van der Waals surface area contributed by atoms with Gasteiger partial charge in [-0.1, -0.05) is 36.3 Å². The number of carbonyl (C=O) groups is 1. The first-order chi connectivity index (χ1) is 12.2. The fraction of sp³-hybridized carbons (Fsp3) is 0.250. The summed E-state index contributed by atoms with van der Waals surface area (Å²) in [4.78, 5) is 13.9. The highest BCUT2D eigenvalue weighted by Gasteiger charge is 2.23. The first kappa shape index (κ1) is 16.8. The number of para-hydroxylation sites is 1. The summed E-state index contributed by atoms with van der Waals surface area (Å²) in [6.45, 7) is 0.898. The minimum atomic E-state index is -0.311. The van der Waals surface area contributed by atoms with Crippen LogP contribution in [0.5, 0.6) is 5.75 Å². The summed E-state index contributed by atoms with van der Waals surface area (Å²) >= 11 is 0. The smallest absolute Gasteiger partial charge is 0.318 e. The average molecular weight is 338 g/mol. The molecule has 4 nitrogen and oxygen atoms in total. The number of hydrogen-bond donors (Lipinski definition) is 1. The van der Waals surface area contributed by atoms with Crippen LogP contribution in [0.3, 0.4) is 0 Å². The predicted molar refractivity (Wildman–Crippen MR) is 93.6 cm³/mol. The first-order valence-electron chi connectivity index (χ1n) is 8.11. The van der Waals surface area contributed by atoms with Crippen molar-refractivity contribution >= 4 is 6.03 Å². The van der Waals surface area contributed by atoms with Crippen LogP contribution in [0, 0.1) is 18.2 Å². The van der Waals surface area contributed by atoms with Crippen molar-refractivity contribution in [1.29, 1.82) is 0 Å². The average Bonchev–Trinajstić information content (AvgIpc) is 3.04. The van der Waals surface area contributed by atoms with Gasteiger partial charge in [0.2, 0.25) is 0 Å². The molecule has 2 aromatic carbocycles. The Kier molecular flexibility index (Phi) is 5.20. The number of urea groups is 1. The van der Waals surface area contributed by atoms with Crippen LogP contribution in [-0.2, 0) is 13.0 Å². The van der Waals surface area contributed by atoms with Crippen molar-refractivity contribution in [3.63, 3.8) is 0 Å². The van der Waals surface area contributed by atoms with Crippen LogP contribution >= 0.6 is 0 Å². The molecule has 0 aromatic heterocycles. The minimum Gasteiger partial charge on any atom is -0.488 e. The van der Waals surface area contributed by atoms with Gasteiger partial charge in [0.1, 0.15) is 17.7 Å². The molecule has 1 N–H and O–H groups in total. The number of carbonyl (C=O) groups excluding carboxylic acids is 1. The van der Waals surface area contributed by atoms with Gasteiger partial charge in [0.25, 0.3) is 0 Å². The third-order valence-electron chi connectivity index (χ3n) is 4.05. The quantitative estimate of drug-likeness (QED) is 0.852. The lowest BCUT2D eigenvalue weighted by Crippen LogP contribution is -2.43. The summed E-state index contributed by atoms with van der Waals surface area (Å²) in [5, 5.41) is 2.87. The van der Waals surface area contributed by atoms with Crippen molar-refractivity contribution < 1.29 is 13.9 Å². The minimum absolute atomic E-state index is 0.0835. The third kappa shape index (κ3) is 4.30. The van der Waals surface area contributed by atoms with Gasteiger partial charge in [-0.3, -0.25) is 0 Å². The summed E-state index contributed by atoms with van der Waals surface area (Å²) in [5.74, 6) is 3.04. The summed E-state index contributed by atoms with van der Waals surface area (Å²) in [6, 6.07) is 13.6. The largest absolute Gasteiger partial charge is 0.488 e. The van der Waals surface area contributed by atoms with E-state index in [-0.39, 0.29) is 24.5 Å². The highest BCUT2D eigenvalue weighted by Crippen LogP contribution is 2.27. The maximum absolute atomic E-state index is 13.0. The number of nitrogens with zero attached hydrogens (tertiary/aromatic N) is 1. The van der Waals surface area contributed by atoms with Crippen LogP contribution in [0.4, 0.5) is 9.18 Å². The second-order valence-electron chi connectivity index (χ2n) is 5.92. The van der Waals surface area contributed by atoms with Crippen molar-refractivity contribution in [3.05, 3.63) is 65.5 Å². The summed E-state index contributed by atoms with van der Waals surface area (Å²) in [5.41, 5.74) is 1.96. The van der Waals surface area contributed by atoms with Crippen LogP contribution < -0.4 is 10.1 Å². The zero-order valence-electron chi connectivity index (χ0n) is 13.7. The topological polar surface area (TPSA) is 41.6 Å². The van der Waals surface area contributed by atoms with E-state index in [4.69, 9.17) is 11.2 Å². The monoisotopic (exact) mass is 338 g/mol. The Morgan fingerprint density at radius 2 is 2.04 bits per heavy atom. The fourth-order valence-electron chi connectivity index (χ4n) is 2.80. The Hall–Kier alpha value is -3.00. The van der Waals surface area contributed by atoms with Gasteiger partial charge in [0, 0.05) is 13.0 Å². The van der Waals surface area contributed by atoms with Crippen LogP contribution in [-0.4, -0.2) is 30.1 Å². The van der Waals surface area contributed by atoms with Crippen molar-refractivity contribution in [3.8, 4) is 18.1 Å². The molecule has 1 heterocycles. The summed E-state index contributed by atoms with van der Waals surface area (Å²) < 4.78 is 18.8. The second kappa shape index (κ2) is 7.71. The van der Waals surface area contributed by atoms with E-state index < -0.39 is 0 Å². The van der Waals surface area contributed by atoms with Gasteiger partial charge in [-0.25, -0.2) is 9.18 Å². The lowest BCUT2D eigenvalue weighted by molar-refractivity contribution is 0.187. The van der Waals surface area contributed by atoms with Gasteiger partial charge in [-0.05, 0) is 29.3 Å². The number of halogens is 1.